The molecule has 0 radical (unpaired) electrons. The molecule has 1 atom stereocenters. The summed E-state index contributed by atoms with van der Waals surface area (Å²) in [6.07, 6.45) is 1.64. The summed E-state index contributed by atoms with van der Waals surface area (Å²) in [4.78, 5) is 28.1. The molecule has 0 spiro atoms. The van der Waals surface area contributed by atoms with E-state index in [2.05, 4.69) is 0 Å². The van der Waals surface area contributed by atoms with Gasteiger partial charge in [-0.15, -0.1) is 11.3 Å². The Balaban J connectivity index is 2.20. The molecule has 1 fully saturated rings. The van der Waals surface area contributed by atoms with Gasteiger partial charge < -0.3 is 14.7 Å². The van der Waals surface area contributed by atoms with Crippen molar-refractivity contribution >= 4 is 52.0 Å². The zero-order chi connectivity index (χ0) is 21.3. The number of Topliss-reactive ketones (excluding diaryl/α,β-unsaturated/α-hetero) is 1. The second kappa shape index (κ2) is 8.78. The monoisotopic (exact) mass is 453 g/mol. The normalized spacial score (nSPS) is 18.5. The van der Waals surface area contributed by atoms with Gasteiger partial charge in [0.05, 0.1) is 28.8 Å². The summed E-state index contributed by atoms with van der Waals surface area (Å²) in [5.74, 6) is -1.34. The number of benzene rings is 1. The van der Waals surface area contributed by atoms with Crippen molar-refractivity contribution in [3.8, 4) is 5.75 Å². The molecule has 154 valence electrons. The van der Waals surface area contributed by atoms with E-state index in [9.17, 15) is 14.7 Å². The second-order valence-corrected chi connectivity index (χ2v) is 8.55. The zero-order valence-electron chi connectivity index (χ0n) is 16.3. The number of thiophene rings is 1. The quantitative estimate of drug-likeness (QED) is 0.351. The van der Waals surface area contributed by atoms with Crippen LogP contribution in [-0.2, 0) is 9.59 Å². The van der Waals surface area contributed by atoms with Gasteiger partial charge in [-0.1, -0.05) is 36.5 Å². The van der Waals surface area contributed by atoms with Crippen molar-refractivity contribution in [3.63, 3.8) is 0 Å². The minimum Gasteiger partial charge on any atom is -0.507 e. The Hall–Kier alpha value is -2.02. The standard InChI is InChI=1S/C21H21Cl2NO4S/c1-4-5-7-24-16(20-11(2)6-8-29-20)15(18(26)21(24)27)17(25)12-9-13(22)19(28-3)14(23)10-12/h6,8-10,16,25H,4-5,7H2,1-3H3/b17-15-. The maximum absolute atomic E-state index is 12.9. The number of unbranched alkanes of at least 4 members (excludes halogenated alkanes) is 1. The number of hydrogen-bond donors (Lipinski definition) is 1. The summed E-state index contributed by atoms with van der Waals surface area (Å²) >= 11 is 13.9. The second-order valence-electron chi connectivity index (χ2n) is 6.79. The van der Waals surface area contributed by atoms with E-state index in [1.807, 2.05) is 25.3 Å². The number of ketones is 1. The number of methoxy groups -OCH3 is 1. The summed E-state index contributed by atoms with van der Waals surface area (Å²) in [6, 6.07) is 4.24. The molecule has 0 bridgehead atoms. The van der Waals surface area contributed by atoms with Crippen LogP contribution in [0.2, 0.25) is 10.0 Å². The number of halogens is 2. The van der Waals surface area contributed by atoms with Crippen molar-refractivity contribution in [2.45, 2.75) is 32.7 Å². The van der Waals surface area contributed by atoms with Crippen LogP contribution < -0.4 is 4.74 Å². The Labute approximate surface area is 183 Å². The number of hydrogen-bond acceptors (Lipinski definition) is 5. The third kappa shape index (κ3) is 3.89. The lowest BCUT2D eigenvalue weighted by Crippen LogP contribution is -2.30. The van der Waals surface area contributed by atoms with Gasteiger partial charge in [-0.25, -0.2) is 0 Å². The average molecular weight is 454 g/mol. The molecule has 1 N–H and O–H groups in total. The topological polar surface area (TPSA) is 66.8 Å². The minimum atomic E-state index is -0.709. The van der Waals surface area contributed by atoms with Gasteiger partial charge in [0.25, 0.3) is 11.7 Å². The molecule has 2 heterocycles. The summed E-state index contributed by atoms with van der Waals surface area (Å²) in [6.45, 7) is 4.38. The van der Waals surface area contributed by atoms with Crippen LogP contribution in [0.15, 0.2) is 29.2 Å². The van der Waals surface area contributed by atoms with Crippen LogP contribution in [0.3, 0.4) is 0 Å². The molecule has 3 rings (SSSR count). The van der Waals surface area contributed by atoms with E-state index < -0.39 is 17.7 Å². The van der Waals surface area contributed by atoms with Gasteiger partial charge in [0, 0.05) is 17.0 Å². The lowest BCUT2D eigenvalue weighted by molar-refractivity contribution is -0.139. The van der Waals surface area contributed by atoms with E-state index in [1.165, 1.54) is 30.6 Å². The number of carbonyl (C=O) groups is 2. The lowest BCUT2D eigenvalue weighted by atomic mass is 9.98. The third-order valence-corrected chi connectivity index (χ3v) is 6.55. The summed E-state index contributed by atoms with van der Waals surface area (Å²) in [5, 5.41) is 13.4. The van der Waals surface area contributed by atoms with Gasteiger partial charge in [-0.2, -0.15) is 0 Å². The van der Waals surface area contributed by atoms with Gasteiger partial charge in [0.15, 0.2) is 5.75 Å². The third-order valence-electron chi connectivity index (χ3n) is 4.92. The van der Waals surface area contributed by atoms with Gasteiger partial charge in [-0.05, 0) is 42.5 Å². The first kappa shape index (κ1) is 21.7. The molecule has 1 amide bonds. The van der Waals surface area contributed by atoms with Gasteiger partial charge >= 0.3 is 0 Å². The van der Waals surface area contributed by atoms with Crippen LogP contribution in [-0.4, -0.2) is 35.4 Å². The number of carbonyl (C=O) groups excluding carboxylic acids is 2. The predicted octanol–water partition coefficient (Wildman–Crippen LogP) is 5.59. The number of nitrogens with zero attached hydrogens (tertiary/aromatic N) is 1. The van der Waals surface area contributed by atoms with E-state index in [4.69, 9.17) is 27.9 Å². The van der Waals surface area contributed by atoms with Crippen LogP contribution >= 0.6 is 34.5 Å². The van der Waals surface area contributed by atoms with Crippen LogP contribution in [0.1, 0.15) is 41.8 Å². The average Bonchev–Trinajstić information content (AvgIpc) is 3.20. The summed E-state index contributed by atoms with van der Waals surface area (Å²) < 4.78 is 5.14. The molecule has 29 heavy (non-hydrogen) atoms. The van der Waals surface area contributed by atoms with Crippen LogP contribution in [0, 0.1) is 6.92 Å². The summed E-state index contributed by atoms with van der Waals surface area (Å²) in [7, 11) is 1.44. The SMILES string of the molecule is CCCCN1C(=O)C(=O)/C(=C(\O)c2cc(Cl)c(OC)c(Cl)c2)C1c1sccc1C. The molecule has 1 saturated heterocycles. The van der Waals surface area contributed by atoms with Crippen LogP contribution in [0.5, 0.6) is 5.75 Å². The fraction of sp³-hybridized carbons (Fsp3) is 0.333. The van der Waals surface area contributed by atoms with Crippen molar-refractivity contribution in [1.29, 1.82) is 0 Å². The number of aliphatic hydroxyl groups is 1. The molecule has 5 nitrogen and oxygen atoms in total. The number of aliphatic hydroxyl groups excluding tert-OH is 1. The molecular formula is C21H21Cl2NO4S. The first-order valence-electron chi connectivity index (χ1n) is 9.17. The minimum absolute atomic E-state index is 0.0500. The Morgan fingerprint density at radius 3 is 2.45 bits per heavy atom. The predicted molar refractivity (Wildman–Crippen MR) is 116 cm³/mol. The molecule has 1 aliphatic heterocycles. The first-order valence-corrected chi connectivity index (χ1v) is 10.8. The van der Waals surface area contributed by atoms with Crippen molar-refractivity contribution < 1.29 is 19.4 Å². The number of ether oxygens (including phenoxy) is 1. The van der Waals surface area contributed by atoms with Crippen LogP contribution in [0.25, 0.3) is 5.76 Å². The molecule has 0 saturated carbocycles. The Morgan fingerprint density at radius 2 is 1.93 bits per heavy atom. The van der Waals surface area contributed by atoms with Crippen molar-refractivity contribution in [2.75, 3.05) is 13.7 Å². The molecule has 1 aromatic heterocycles. The first-order chi connectivity index (χ1) is 13.8. The van der Waals surface area contributed by atoms with Crippen LogP contribution in [0.4, 0.5) is 0 Å². The molecule has 0 aliphatic carbocycles. The van der Waals surface area contributed by atoms with Crippen molar-refractivity contribution in [3.05, 3.63) is 55.2 Å². The Morgan fingerprint density at radius 1 is 1.28 bits per heavy atom. The molecule has 8 heteroatoms. The lowest BCUT2D eigenvalue weighted by Gasteiger charge is -2.24. The van der Waals surface area contributed by atoms with E-state index >= 15 is 0 Å². The fourth-order valence-electron chi connectivity index (χ4n) is 3.42. The van der Waals surface area contributed by atoms with Gasteiger partial charge in [0.1, 0.15) is 5.76 Å². The Bertz CT molecular complexity index is 975. The molecule has 1 aromatic carbocycles. The highest BCUT2D eigenvalue weighted by molar-refractivity contribution is 7.10. The molecule has 1 aliphatic rings. The smallest absolute Gasteiger partial charge is 0.295 e. The Kier molecular flexibility index (Phi) is 6.56. The van der Waals surface area contributed by atoms with E-state index in [-0.39, 0.29) is 32.7 Å². The highest BCUT2D eigenvalue weighted by Gasteiger charge is 2.46. The maximum atomic E-state index is 12.9. The number of rotatable bonds is 6. The highest BCUT2D eigenvalue weighted by Crippen LogP contribution is 2.44. The van der Waals surface area contributed by atoms with Gasteiger partial charge in [-0.3, -0.25) is 9.59 Å². The van der Waals surface area contributed by atoms with Crippen molar-refractivity contribution in [2.24, 2.45) is 0 Å². The largest absolute Gasteiger partial charge is 0.507 e. The van der Waals surface area contributed by atoms with Gasteiger partial charge in [0.2, 0.25) is 0 Å². The van der Waals surface area contributed by atoms with E-state index in [0.29, 0.717) is 6.54 Å². The molecule has 2 aromatic rings. The van der Waals surface area contributed by atoms with E-state index in [1.54, 1.807) is 4.90 Å². The maximum Gasteiger partial charge on any atom is 0.295 e. The van der Waals surface area contributed by atoms with E-state index in [0.717, 1.165) is 23.3 Å². The highest BCUT2D eigenvalue weighted by atomic mass is 35.5. The fourth-order valence-corrected chi connectivity index (χ4v) is 5.11. The summed E-state index contributed by atoms with van der Waals surface area (Å²) in [5.41, 5.74) is 1.27. The van der Waals surface area contributed by atoms with Crippen molar-refractivity contribution in [1.82, 2.24) is 4.90 Å². The number of aryl methyl sites for hydroxylation is 1. The molecule has 1 unspecified atom stereocenters. The number of likely N-dealkylation sites (tertiary alicyclic amines) is 1. The molecular weight excluding hydrogens is 433 g/mol. The number of amides is 1. The zero-order valence-corrected chi connectivity index (χ0v) is 18.6.